The highest BCUT2D eigenvalue weighted by molar-refractivity contribution is 5.71. The van der Waals surface area contributed by atoms with Crippen LogP contribution in [0.15, 0.2) is 97.2 Å². The second kappa shape index (κ2) is 62.9. The Kier molecular flexibility index (Phi) is 59.8. The van der Waals surface area contributed by atoms with E-state index in [2.05, 4.69) is 118 Å². The molecule has 0 N–H and O–H groups in total. The Labute approximate surface area is 464 Å². The summed E-state index contributed by atoms with van der Waals surface area (Å²) in [5.41, 5.74) is 0. The van der Waals surface area contributed by atoms with Crippen LogP contribution in [0.5, 0.6) is 0 Å². The number of carbonyl (C=O) groups is 3. The standard InChI is InChI=1S/C69H118O6/c1-4-7-10-13-16-19-22-25-28-31-33-34-36-38-41-44-47-50-53-56-59-62-68(71)74-65-66(64-73-67(70)61-58-55-52-49-46-43-40-37-30-27-24-21-18-15-12-9-6-3)75-69(72)63-60-57-54-51-48-45-42-39-35-32-29-26-23-20-17-14-11-8-5-2/h8,11,17-18,20-21,26-27,29-30,35,39-40,43,45,48,66H,4-7,9-10,12-16,19,22-25,28,31-34,36-38,41-42,44,46-47,49-65H2,1-3H3/b11-8-,20-17-,21-18-,29-26-,30-27-,39-35-,43-40-,48-45-/t66-/m1/s1. The zero-order valence-corrected chi connectivity index (χ0v) is 49.3. The van der Waals surface area contributed by atoms with E-state index < -0.39 is 6.10 Å². The van der Waals surface area contributed by atoms with E-state index in [1.54, 1.807) is 0 Å². The normalized spacial score (nSPS) is 12.7. The molecule has 0 fully saturated rings. The van der Waals surface area contributed by atoms with Crippen LogP contribution in [-0.2, 0) is 28.6 Å². The van der Waals surface area contributed by atoms with Crippen molar-refractivity contribution in [1.82, 2.24) is 0 Å². The number of carbonyl (C=O) groups excluding carboxylic acids is 3. The fourth-order valence-electron chi connectivity index (χ4n) is 8.83. The molecule has 0 radical (unpaired) electrons. The van der Waals surface area contributed by atoms with Crippen molar-refractivity contribution in [1.29, 1.82) is 0 Å². The third-order valence-corrected chi connectivity index (χ3v) is 13.6. The van der Waals surface area contributed by atoms with Gasteiger partial charge in [-0.3, -0.25) is 14.4 Å². The van der Waals surface area contributed by atoms with Crippen LogP contribution in [0, 0.1) is 0 Å². The lowest BCUT2D eigenvalue weighted by molar-refractivity contribution is -0.167. The molecule has 0 aliphatic heterocycles. The van der Waals surface area contributed by atoms with E-state index in [0.717, 1.165) is 122 Å². The molecule has 0 heterocycles. The summed E-state index contributed by atoms with van der Waals surface area (Å²) >= 11 is 0. The summed E-state index contributed by atoms with van der Waals surface area (Å²) in [4.78, 5) is 38.3. The lowest BCUT2D eigenvalue weighted by Crippen LogP contribution is -2.30. The van der Waals surface area contributed by atoms with Crippen LogP contribution in [0.1, 0.15) is 303 Å². The van der Waals surface area contributed by atoms with Crippen LogP contribution in [0.4, 0.5) is 0 Å². The minimum absolute atomic E-state index is 0.0966. The van der Waals surface area contributed by atoms with Crippen molar-refractivity contribution in [2.24, 2.45) is 0 Å². The molecule has 0 amide bonds. The first-order chi connectivity index (χ1) is 37.0. The van der Waals surface area contributed by atoms with Gasteiger partial charge < -0.3 is 14.2 Å². The van der Waals surface area contributed by atoms with E-state index in [1.807, 2.05) is 0 Å². The minimum atomic E-state index is -0.806. The van der Waals surface area contributed by atoms with Crippen molar-refractivity contribution < 1.29 is 28.6 Å². The van der Waals surface area contributed by atoms with Crippen molar-refractivity contribution in [2.45, 2.75) is 309 Å². The van der Waals surface area contributed by atoms with E-state index in [0.29, 0.717) is 12.8 Å². The second-order valence-corrected chi connectivity index (χ2v) is 20.9. The van der Waals surface area contributed by atoms with Crippen LogP contribution < -0.4 is 0 Å². The predicted octanol–water partition coefficient (Wildman–Crippen LogP) is 21.7. The van der Waals surface area contributed by atoms with Crippen LogP contribution in [0.2, 0.25) is 0 Å². The average Bonchev–Trinajstić information content (AvgIpc) is 3.41. The first-order valence-corrected chi connectivity index (χ1v) is 31.7. The Morgan fingerprint density at radius 1 is 0.280 bits per heavy atom. The maximum atomic E-state index is 12.9. The molecule has 0 saturated carbocycles. The molecule has 430 valence electrons. The minimum Gasteiger partial charge on any atom is -0.462 e. The van der Waals surface area contributed by atoms with Crippen molar-refractivity contribution in [3.05, 3.63) is 97.2 Å². The zero-order chi connectivity index (χ0) is 54.3. The highest BCUT2D eigenvalue weighted by Gasteiger charge is 2.19. The molecule has 0 bridgehead atoms. The van der Waals surface area contributed by atoms with Gasteiger partial charge in [0.1, 0.15) is 13.2 Å². The van der Waals surface area contributed by atoms with Crippen LogP contribution in [0.25, 0.3) is 0 Å². The largest absolute Gasteiger partial charge is 0.462 e. The van der Waals surface area contributed by atoms with Crippen molar-refractivity contribution in [2.75, 3.05) is 13.2 Å². The summed E-state index contributed by atoms with van der Waals surface area (Å²) in [5.74, 6) is -0.941. The van der Waals surface area contributed by atoms with Crippen molar-refractivity contribution in [3.8, 4) is 0 Å². The van der Waals surface area contributed by atoms with Gasteiger partial charge in [0.25, 0.3) is 0 Å². The number of ether oxygens (including phenoxy) is 3. The third-order valence-electron chi connectivity index (χ3n) is 13.6. The number of unbranched alkanes of at least 4 members (excludes halogenated alkanes) is 30. The van der Waals surface area contributed by atoms with Gasteiger partial charge in [-0.05, 0) is 103 Å². The number of allylic oxidation sites excluding steroid dienone is 16. The van der Waals surface area contributed by atoms with E-state index in [4.69, 9.17) is 14.2 Å². The Hall–Kier alpha value is -3.67. The molecule has 1 atom stereocenters. The summed E-state index contributed by atoms with van der Waals surface area (Å²) in [6, 6.07) is 0. The first kappa shape index (κ1) is 71.3. The SMILES string of the molecule is CC/C=C\C/C=C\C/C=C\C/C=C\C/C=C\CCCCCC(=O)O[C@H](COC(=O)CCCCCC/C=C\C/C=C\C/C=C\CCCCC)COC(=O)CCCCCCCCCCCCCCCCCCCCCCC. The molecule has 0 rings (SSSR count). The molecule has 0 aliphatic rings. The Morgan fingerprint density at radius 3 is 0.853 bits per heavy atom. The van der Waals surface area contributed by atoms with Gasteiger partial charge in [0.05, 0.1) is 0 Å². The number of hydrogen-bond acceptors (Lipinski definition) is 6. The Morgan fingerprint density at radius 2 is 0.520 bits per heavy atom. The highest BCUT2D eigenvalue weighted by Crippen LogP contribution is 2.16. The summed E-state index contributed by atoms with van der Waals surface area (Å²) in [5, 5.41) is 0. The molecular formula is C69H118O6. The lowest BCUT2D eigenvalue weighted by Gasteiger charge is -2.18. The van der Waals surface area contributed by atoms with Crippen LogP contribution in [-0.4, -0.2) is 37.2 Å². The summed E-state index contributed by atoms with van der Waals surface area (Å²) in [6.07, 6.45) is 84.1. The predicted molar refractivity (Wildman–Crippen MR) is 325 cm³/mol. The van der Waals surface area contributed by atoms with E-state index in [9.17, 15) is 14.4 Å². The highest BCUT2D eigenvalue weighted by atomic mass is 16.6. The molecule has 0 aromatic carbocycles. The molecule has 75 heavy (non-hydrogen) atoms. The van der Waals surface area contributed by atoms with Gasteiger partial charge in [-0.2, -0.15) is 0 Å². The van der Waals surface area contributed by atoms with Gasteiger partial charge in [-0.25, -0.2) is 0 Å². The maximum Gasteiger partial charge on any atom is 0.306 e. The number of rotatable bonds is 57. The molecule has 6 heteroatoms. The van der Waals surface area contributed by atoms with Gasteiger partial charge in [0.2, 0.25) is 0 Å². The van der Waals surface area contributed by atoms with Crippen LogP contribution >= 0.6 is 0 Å². The molecule has 0 unspecified atom stereocenters. The Balaban J connectivity index is 4.45. The molecule has 0 aliphatic carbocycles. The second-order valence-electron chi connectivity index (χ2n) is 20.9. The maximum absolute atomic E-state index is 12.9. The van der Waals surface area contributed by atoms with E-state index in [1.165, 1.54) is 141 Å². The van der Waals surface area contributed by atoms with Gasteiger partial charge in [0.15, 0.2) is 6.10 Å². The zero-order valence-electron chi connectivity index (χ0n) is 49.3. The molecule has 0 spiro atoms. The van der Waals surface area contributed by atoms with E-state index >= 15 is 0 Å². The molecule has 0 aromatic rings. The monoisotopic (exact) mass is 1040 g/mol. The van der Waals surface area contributed by atoms with Crippen molar-refractivity contribution >= 4 is 17.9 Å². The van der Waals surface area contributed by atoms with Crippen LogP contribution in [0.3, 0.4) is 0 Å². The molecule has 6 nitrogen and oxygen atoms in total. The van der Waals surface area contributed by atoms with Crippen molar-refractivity contribution in [3.63, 3.8) is 0 Å². The first-order valence-electron chi connectivity index (χ1n) is 31.7. The fourth-order valence-corrected chi connectivity index (χ4v) is 8.83. The number of esters is 3. The molecular weight excluding hydrogens is 925 g/mol. The Bertz CT molecular complexity index is 1480. The van der Waals surface area contributed by atoms with E-state index in [-0.39, 0.29) is 37.5 Å². The topological polar surface area (TPSA) is 78.9 Å². The molecule has 0 saturated heterocycles. The lowest BCUT2D eigenvalue weighted by atomic mass is 10.0. The average molecular weight is 1040 g/mol. The fraction of sp³-hybridized carbons (Fsp3) is 0.725. The summed E-state index contributed by atoms with van der Waals surface area (Å²) in [7, 11) is 0. The van der Waals surface area contributed by atoms with Gasteiger partial charge in [0, 0.05) is 19.3 Å². The quantitative estimate of drug-likeness (QED) is 0.0261. The number of hydrogen-bond donors (Lipinski definition) is 0. The summed E-state index contributed by atoms with van der Waals surface area (Å²) < 4.78 is 16.9. The van der Waals surface area contributed by atoms with Gasteiger partial charge in [-0.15, -0.1) is 0 Å². The van der Waals surface area contributed by atoms with Gasteiger partial charge >= 0.3 is 17.9 Å². The third kappa shape index (κ3) is 61.1. The smallest absolute Gasteiger partial charge is 0.306 e. The summed E-state index contributed by atoms with van der Waals surface area (Å²) in [6.45, 7) is 6.48. The molecule has 0 aromatic heterocycles. The van der Waals surface area contributed by atoms with Gasteiger partial charge in [-0.1, -0.05) is 279 Å².